The Bertz CT molecular complexity index is 527. The first-order valence-electron chi connectivity index (χ1n) is 6.92. The molecular weight excluding hydrogens is 268 g/mol. The van der Waals surface area contributed by atoms with Crippen molar-refractivity contribution in [2.45, 2.75) is 46.8 Å². The summed E-state index contributed by atoms with van der Waals surface area (Å²) >= 11 is 0. The molecule has 0 aliphatic heterocycles. The highest BCUT2D eigenvalue weighted by Gasteiger charge is 2.17. The van der Waals surface area contributed by atoms with Gasteiger partial charge < -0.3 is 9.47 Å². The molecule has 21 heavy (non-hydrogen) atoms. The smallest absolute Gasteiger partial charge is 0.305 e. The topological polar surface area (TPSA) is 52.6 Å². The minimum atomic E-state index is -0.984. The van der Waals surface area contributed by atoms with Crippen molar-refractivity contribution in [3.8, 4) is 0 Å². The van der Waals surface area contributed by atoms with Gasteiger partial charge in [-0.25, -0.2) is 0 Å². The zero-order valence-corrected chi connectivity index (χ0v) is 13.2. The molecule has 1 aromatic rings. The molecule has 0 spiro atoms. The summed E-state index contributed by atoms with van der Waals surface area (Å²) in [4.78, 5) is 22.2. The molecule has 0 saturated carbocycles. The highest BCUT2D eigenvalue weighted by Crippen LogP contribution is 2.19. The molecule has 0 amide bonds. The van der Waals surface area contributed by atoms with E-state index in [2.05, 4.69) is 26.0 Å². The van der Waals surface area contributed by atoms with Crippen LogP contribution in [0.25, 0.3) is 6.08 Å². The van der Waals surface area contributed by atoms with Crippen LogP contribution < -0.4 is 0 Å². The van der Waals surface area contributed by atoms with Gasteiger partial charge in [0.2, 0.25) is 0 Å². The first-order chi connectivity index (χ1) is 9.79. The number of carbonyl (C=O) groups excluding carboxylic acids is 2. The minimum absolute atomic E-state index is 0.427. The lowest BCUT2D eigenvalue weighted by atomic mass is 10.00. The van der Waals surface area contributed by atoms with Crippen LogP contribution in [0.5, 0.6) is 0 Å². The molecule has 0 aromatic heterocycles. The Morgan fingerprint density at radius 1 is 1.05 bits per heavy atom. The van der Waals surface area contributed by atoms with Gasteiger partial charge in [0.15, 0.2) is 0 Å². The first kappa shape index (κ1) is 17.0. The molecule has 4 heteroatoms. The van der Waals surface area contributed by atoms with E-state index in [1.165, 1.54) is 19.4 Å². The number of benzene rings is 1. The highest BCUT2D eigenvalue weighted by atomic mass is 16.7. The Hall–Kier alpha value is -2.10. The number of rotatable bonds is 5. The number of hydrogen-bond donors (Lipinski definition) is 0. The fourth-order valence-electron chi connectivity index (χ4n) is 1.85. The molecule has 0 heterocycles. The SMILES string of the molecule is CC(=O)OC(OC(C)=O)C(C)=Cc1cccc(C(C)C)c1. The van der Waals surface area contributed by atoms with E-state index < -0.39 is 18.2 Å². The Kier molecular flexibility index (Phi) is 6.15. The molecular formula is C17H22O4. The summed E-state index contributed by atoms with van der Waals surface area (Å²) in [7, 11) is 0. The minimum Gasteiger partial charge on any atom is -0.421 e. The lowest BCUT2D eigenvalue weighted by molar-refractivity contribution is -0.177. The van der Waals surface area contributed by atoms with Gasteiger partial charge >= 0.3 is 11.9 Å². The quantitative estimate of drug-likeness (QED) is 0.613. The van der Waals surface area contributed by atoms with Gasteiger partial charge in [0.25, 0.3) is 6.29 Å². The summed E-state index contributed by atoms with van der Waals surface area (Å²) in [6, 6.07) is 8.05. The van der Waals surface area contributed by atoms with Crippen molar-refractivity contribution in [3.05, 3.63) is 41.0 Å². The average Bonchev–Trinajstić information content (AvgIpc) is 2.37. The molecule has 0 aliphatic carbocycles. The molecule has 1 aromatic carbocycles. The van der Waals surface area contributed by atoms with Crippen LogP contribution in [0.15, 0.2) is 29.8 Å². The summed E-state index contributed by atoms with van der Waals surface area (Å²) < 4.78 is 10.0. The normalized spacial score (nSPS) is 11.7. The van der Waals surface area contributed by atoms with Crippen molar-refractivity contribution in [1.29, 1.82) is 0 Å². The van der Waals surface area contributed by atoms with E-state index in [4.69, 9.17) is 9.47 Å². The maximum atomic E-state index is 11.1. The van der Waals surface area contributed by atoms with E-state index >= 15 is 0 Å². The summed E-state index contributed by atoms with van der Waals surface area (Å²) in [5.74, 6) is -0.564. The third kappa shape index (κ3) is 5.81. The second kappa shape index (κ2) is 7.62. The molecule has 0 unspecified atom stereocenters. The molecule has 0 bridgehead atoms. The maximum Gasteiger partial charge on any atom is 0.305 e. The van der Waals surface area contributed by atoms with Crippen molar-refractivity contribution >= 4 is 18.0 Å². The van der Waals surface area contributed by atoms with E-state index in [1.54, 1.807) is 6.92 Å². The molecule has 0 saturated heterocycles. The van der Waals surface area contributed by atoms with Gasteiger partial charge in [0.1, 0.15) is 0 Å². The standard InChI is InChI=1S/C17H22O4/c1-11(2)16-8-6-7-15(10-16)9-12(3)17(20-13(4)18)21-14(5)19/h6-11,17H,1-5H3. The monoisotopic (exact) mass is 290 g/mol. The van der Waals surface area contributed by atoms with Crippen LogP contribution in [0.1, 0.15) is 51.7 Å². The van der Waals surface area contributed by atoms with Gasteiger partial charge in [-0.05, 0) is 30.0 Å². The Labute approximate surface area is 125 Å². The maximum absolute atomic E-state index is 11.1. The summed E-state index contributed by atoms with van der Waals surface area (Å²) in [6.07, 6.45) is 0.866. The Morgan fingerprint density at radius 2 is 1.62 bits per heavy atom. The van der Waals surface area contributed by atoms with E-state index in [-0.39, 0.29) is 0 Å². The molecule has 114 valence electrons. The van der Waals surface area contributed by atoms with Crippen molar-refractivity contribution < 1.29 is 19.1 Å². The number of hydrogen-bond acceptors (Lipinski definition) is 4. The van der Waals surface area contributed by atoms with E-state index in [1.807, 2.05) is 18.2 Å². The summed E-state index contributed by atoms with van der Waals surface area (Å²) in [5.41, 5.74) is 2.84. The van der Waals surface area contributed by atoms with Crippen molar-refractivity contribution in [1.82, 2.24) is 0 Å². The van der Waals surface area contributed by atoms with Gasteiger partial charge in [-0.15, -0.1) is 0 Å². The number of ether oxygens (including phenoxy) is 2. The van der Waals surface area contributed by atoms with Gasteiger partial charge in [-0.1, -0.05) is 38.1 Å². The number of esters is 2. The molecule has 0 N–H and O–H groups in total. The van der Waals surface area contributed by atoms with Crippen LogP contribution in [-0.2, 0) is 19.1 Å². The lowest BCUT2D eigenvalue weighted by Crippen LogP contribution is -2.23. The van der Waals surface area contributed by atoms with Crippen molar-refractivity contribution in [2.75, 3.05) is 0 Å². The summed E-state index contributed by atoms with van der Waals surface area (Å²) in [5, 5.41) is 0. The Morgan fingerprint density at radius 3 is 2.10 bits per heavy atom. The predicted octanol–water partition coefficient (Wildman–Crippen LogP) is 3.67. The van der Waals surface area contributed by atoms with Crippen LogP contribution in [0.3, 0.4) is 0 Å². The Balaban J connectivity index is 3.00. The van der Waals surface area contributed by atoms with Crippen LogP contribution in [-0.4, -0.2) is 18.2 Å². The number of carbonyl (C=O) groups is 2. The molecule has 0 radical (unpaired) electrons. The van der Waals surface area contributed by atoms with E-state index in [0.717, 1.165) is 5.56 Å². The molecule has 0 atom stereocenters. The van der Waals surface area contributed by atoms with Gasteiger partial charge in [0.05, 0.1) is 0 Å². The highest BCUT2D eigenvalue weighted by molar-refractivity contribution is 5.69. The lowest BCUT2D eigenvalue weighted by Gasteiger charge is -2.17. The second-order valence-corrected chi connectivity index (χ2v) is 5.26. The van der Waals surface area contributed by atoms with Gasteiger partial charge in [-0.3, -0.25) is 9.59 Å². The predicted molar refractivity (Wildman–Crippen MR) is 81.5 cm³/mol. The van der Waals surface area contributed by atoms with Gasteiger partial charge in [0, 0.05) is 19.4 Å². The average molecular weight is 290 g/mol. The van der Waals surface area contributed by atoms with Crippen LogP contribution in [0.2, 0.25) is 0 Å². The van der Waals surface area contributed by atoms with Crippen LogP contribution >= 0.6 is 0 Å². The van der Waals surface area contributed by atoms with Crippen LogP contribution in [0.4, 0.5) is 0 Å². The first-order valence-corrected chi connectivity index (χ1v) is 6.92. The molecule has 0 fully saturated rings. The third-order valence-electron chi connectivity index (χ3n) is 2.89. The largest absolute Gasteiger partial charge is 0.421 e. The van der Waals surface area contributed by atoms with E-state index in [9.17, 15) is 9.59 Å². The molecule has 0 aliphatic rings. The molecule has 4 nitrogen and oxygen atoms in total. The zero-order chi connectivity index (χ0) is 16.0. The molecule has 1 rings (SSSR count). The zero-order valence-electron chi connectivity index (χ0n) is 13.2. The second-order valence-electron chi connectivity index (χ2n) is 5.26. The fraction of sp³-hybridized carbons (Fsp3) is 0.412. The van der Waals surface area contributed by atoms with Crippen molar-refractivity contribution in [3.63, 3.8) is 0 Å². The fourth-order valence-corrected chi connectivity index (χ4v) is 1.85. The van der Waals surface area contributed by atoms with Gasteiger partial charge in [-0.2, -0.15) is 0 Å². The van der Waals surface area contributed by atoms with Crippen LogP contribution in [0, 0.1) is 0 Å². The third-order valence-corrected chi connectivity index (χ3v) is 2.89. The summed E-state index contributed by atoms with van der Waals surface area (Å²) in [6.45, 7) is 8.57. The van der Waals surface area contributed by atoms with E-state index in [0.29, 0.717) is 11.5 Å². The van der Waals surface area contributed by atoms with Crippen molar-refractivity contribution in [2.24, 2.45) is 0 Å².